The van der Waals surface area contributed by atoms with Gasteiger partial charge in [0, 0.05) is 19.3 Å². The van der Waals surface area contributed by atoms with Gasteiger partial charge in [0.2, 0.25) is 11.8 Å². The van der Waals surface area contributed by atoms with E-state index in [0.29, 0.717) is 30.8 Å². The van der Waals surface area contributed by atoms with Crippen LogP contribution in [0.15, 0.2) is 72.8 Å². The Morgan fingerprint density at radius 3 is 2.53 bits per heavy atom. The van der Waals surface area contributed by atoms with E-state index in [1.54, 1.807) is 16.7 Å². The topological polar surface area (TPSA) is 89.4 Å². The minimum Gasteiger partial charge on any atom is -0.383 e. The van der Waals surface area contributed by atoms with Crippen molar-refractivity contribution in [3.8, 4) is 0 Å². The lowest BCUT2D eigenvalue weighted by atomic mass is 9.97. The summed E-state index contributed by atoms with van der Waals surface area (Å²) >= 11 is 0. The van der Waals surface area contributed by atoms with Gasteiger partial charge in [0.15, 0.2) is 0 Å². The van der Waals surface area contributed by atoms with Crippen LogP contribution in [0.1, 0.15) is 29.7 Å². The Kier molecular flexibility index (Phi) is 8.07. The maximum atomic E-state index is 14.1. The number of benzene rings is 3. The van der Waals surface area contributed by atoms with Gasteiger partial charge >= 0.3 is 0 Å². The van der Waals surface area contributed by atoms with Crippen molar-refractivity contribution >= 4 is 28.5 Å². The van der Waals surface area contributed by atoms with Crippen molar-refractivity contribution < 1.29 is 14.3 Å². The predicted molar refractivity (Wildman–Crippen MR) is 140 cm³/mol. The largest absolute Gasteiger partial charge is 0.383 e. The number of rotatable bonds is 10. The van der Waals surface area contributed by atoms with Gasteiger partial charge in [-0.1, -0.05) is 66.7 Å². The van der Waals surface area contributed by atoms with E-state index < -0.39 is 6.04 Å². The maximum Gasteiger partial charge on any atom is 0.249 e. The van der Waals surface area contributed by atoms with Crippen LogP contribution in [0.2, 0.25) is 0 Å². The van der Waals surface area contributed by atoms with Crippen molar-refractivity contribution in [1.29, 1.82) is 0 Å². The number of hydrogen-bond acceptors (Lipinski definition) is 5. The van der Waals surface area contributed by atoms with Gasteiger partial charge in [-0.25, -0.2) is 4.68 Å². The minimum absolute atomic E-state index is 0.0632. The van der Waals surface area contributed by atoms with Crippen LogP contribution in [0.3, 0.4) is 0 Å². The molecular formula is C28H31N5O3. The van der Waals surface area contributed by atoms with E-state index in [9.17, 15) is 9.59 Å². The second-order valence-corrected chi connectivity index (χ2v) is 8.52. The number of hydrogen-bond donors (Lipinski definition) is 1. The molecule has 0 fully saturated rings. The third-order valence-corrected chi connectivity index (χ3v) is 6.20. The summed E-state index contributed by atoms with van der Waals surface area (Å²) in [7, 11) is 1.58. The first-order valence-electron chi connectivity index (χ1n) is 12.1. The highest BCUT2D eigenvalue weighted by molar-refractivity contribution is 6.02. The molecule has 0 bridgehead atoms. The first kappa shape index (κ1) is 25.1. The lowest BCUT2D eigenvalue weighted by Gasteiger charge is -2.33. The molecule has 36 heavy (non-hydrogen) atoms. The highest BCUT2D eigenvalue weighted by atomic mass is 16.5. The quantitative estimate of drug-likeness (QED) is 0.345. The number of carbonyl (C=O) groups excluding carboxylic acids is 2. The Hall–Kier alpha value is -4.04. The van der Waals surface area contributed by atoms with E-state index in [2.05, 4.69) is 15.6 Å². The van der Waals surface area contributed by atoms with Gasteiger partial charge in [-0.2, -0.15) is 0 Å². The fourth-order valence-corrected chi connectivity index (χ4v) is 4.36. The second-order valence-electron chi connectivity index (χ2n) is 8.52. The van der Waals surface area contributed by atoms with Gasteiger partial charge in [-0.05, 0) is 48.2 Å². The van der Waals surface area contributed by atoms with Crippen molar-refractivity contribution in [2.45, 2.75) is 32.9 Å². The molecule has 0 spiro atoms. The van der Waals surface area contributed by atoms with Crippen LogP contribution in [-0.2, 0) is 27.3 Å². The number of fused-ring (bicyclic) bond motifs is 1. The smallest absolute Gasteiger partial charge is 0.249 e. The van der Waals surface area contributed by atoms with E-state index in [-0.39, 0.29) is 18.4 Å². The number of ether oxygens (including phenoxy) is 1. The molecule has 186 valence electrons. The summed E-state index contributed by atoms with van der Waals surface area (Å²) in [5.41, 5.74) is 4.81. The minimum atomic E-state index is -0.877. The average molecular weight is 486 g/mol. The van der Waals surface area contributed by atoms with Crippen molar-refractivity contribution in [1.82, 2.24) is 20.3 Å². The van der Waals surface area contributed by atoms with E-state index in [1.807, 2.05) is 86.6 Å². The van der Waals surface area contributed by atoms with Gasteiger partial charge in [0.25, 0.3) is 0 Å². The summed E-state index contributed by atoms with van der Waals surface area (Å²) < 4.78 is 6.71. The zero-order valence-electron chi connectivity index (χ0n) is 20.8. The lowest BCUT2D eigenvalue weighted by Crippen LogP contribution is -2.46. The Balaban J connectivity index is 1.83. The van der Waals surface area contributed by atoms with Crippen molar-refractivity contribution in [3.63, 3.8) is 0 Å². The molecule has 0 unspecified atom stereocenters. The average Bonchev–Trinajstić information content (AvgIpc) is 3.30. The molecule has 1 aromatic heterocycles. The molecular weight excluding hydrogens is 454 g/mol. The number of nitrogens with zero attached hydrogens (tertiary/aromatic N) is 4. The maximum absolute atomic E-state index is 14.1. The number of carbonyl (C=O) groups is 2. The monoisotopic (exact) mass is 485 g/mol. The molecule has 4 rings (SSSR count). The number of nitrogens with one attached hydrogen (secondary N) is 1. The van der Waals surface area contributed by atoms with Crippen LogP contribution in [0, 0.1) is 6.92 Å². The number of para-hydroxylation sites is 2. The van der Waals surface area contributed by atoms with Crippen molar-refractivity contribution in [3.05, 3.63) is 89.5 Å². The molecule has 2 amide bonds. The molecule has 8 heteroatoms. The Labute approximate surface area is 210 Å². The standard InChI is InChI=1S/C28H31N5O3/c1-4-21-12-6-9-15-24(21)33(26(34)19-32-25-16-10-8-14-23(25)30-31-32)27(28(35)29-17-18-36-3)22-13-7-5-11-20(22)2/h5-16,27H,4,17-19H2,1-3H3,(H,29,35)/t27-/m1/s1. The predicted octanol–water partition coefficient (Wildman–Crippen LogP) is 3.84. The Morgan fingerprint density at radius 2 is 1.75 bits per heavy atom. The van der Waals surface area contributed by atoms with Crippen LogP contribution >= 0.6 is 0 Å². The summed E-state index contributed by atoms with van der Waals surface area (Å²) in [6.45, 7) is 4.63. The van der Waals surface area contributed by atoms with Gasteiger partial charge in [0.05, 0.1) is 12.1 Å². The zero-order valence-corrected chi connectivity index (χ0v) is 20.8. The SMILES string of the molecule is CCc1ccccc1N(C(=O)Cn1nnc2ccccc21)[C@@H](C(=O)NCCOC)c1ccccc1C. The number of amides is 2. The number of aromatic nitrogens is 3. The van der Waals surface area contributed by atoms with Crippen LogP contribution < -0.4 is 10.2 Å². The molecule has 1 heterocycles. The van der Waals surface area contributed by atoms with Crippen molar-refractivity contribution in [2.75, 3.05) is 25.2 Å². The highest BCUT2D eigenvalue weighted by Crippen LogP contribution is 2.33. The third-order valence-electron chi connectivity index (χ3n) is 6.20. The number of methoxy groups -OCH3 is 1. The van der Waals surface area contributed by atoms with E-state index in [4.69, 9.17) is 4.74 Å². The summed E-state index contributed by atoms with van der Waals surface area (Å²) in [6, 6.07) is 22.0. The molecule has 0 saturated heterocycles. The number of anilines is 1. The molecule has 0 saturated carbocycles. The van der Waals surface area contributed by atoms with Gasteiger partial charge < -0.3 is 10.1 Å². The van der Waals surface area contributed by atoms with Gasteiger partial charge in [0.1, 0.15) is 18.1 Å². The third kappa shape index (κ3) is 5.28. The molecule has 8 nitrogen and oxygen atoms in total. The normalized spacial score (nSPS) is 11.9. The molecule has 0 radical (unpaired) electrons. The summed E-state index contributed by atoms with van der Waals surface area (Å²) in [4.78, 5) is 29.4. The van der Waals surface area contributed by atoms with Gasteiger partial charge in [-0.15, -0.1) is 5.10 Å². The molecule has 3 aromatic carbocycles. The van der Waals surface area contributed by atoms with Crippen LogP contribution in [0.25, 0.3) is 11.0 Å². The second kappa shape index (κ2) is 11.6. The molecule has 1 atom stereocenters. The zero-order chi connectivity index (χ0) is 25.5. The van der Waals surface area contributed by atoms with Crippen LogP contribution in [-0.4, -0.2) is 47.1 Å². The lowest BCUT2D eigenvalue weighted by molar-refractivity contribution is -0.127. The van der Waals surface area contributed by atoms with Crippen LogP contribution in [0.5, 0.6) is 0 Å². The fraction of sp³-hybridized carbons (Fsp3) is 0.286. The number of aryl methyl sites for hydroxylation is 2. The molecule has 4 aromatic rings. The summed E-state index contributed by atoms with van der Waals surface area (Å²) in [6.07, 6.45) is 0.706. The Morgan fingerprint density at radius 1 is 1.03 bits per heavy atom. The summed E-state index contributed by atoms with van der Waals surface area (Å²) in [5, 5.41) is 11.3. The fourth-order valence-electron chi connectivity index (χ4n) is 4.36. The molecule has 0 aliphatic heterocycles. The molecule has 0 aliphatic carbocycles. The van der Waals surface area contributed by atoms with Gasteiger partial charge in [-0.3, -0.25) is 14.5 Å². The highest BCUT2D eigenvalue weighted by Gasteiger charge is 2.34. The molecule has 1 N–H and O–H groups in total. The van der Waals surface area contributed by atoms with E-state index >= 15 is 0 Å². The van der Waals surface area contributed by atoms with Crippen LogP contribution in [0.4, 0.5) is 5.69 Å². The first-order chi connectivity index (χ1) is 17.5. The first-order valence-corrected chi connectivity index (χ1v) is 12.1. The summed E-state index contributed by atoms with van der Waals surface area (Å²) in [5.74, 6) is -0.536. The van der Waals surface area contributed by atoms with E-state index in [1.165, 1.54) is 0 Å². The van der Waals surface area contributed by atoms with E-state index in [0.717, 1.165) is 22.2 Å². The molecule has 0 aliphatic rings. The Bertz CT molecular complexity index is 1350. The van der Waals surface area contributed by atoms with Crippen molar-refractivity contribution in [2.24, 2.45) is 0 Å².